The summed E-state index contributed by atoms with van der Waals surface area (Å²) in [7, 11) is 0. The van der Waals surface area contributed by atoms with E-state index in [0.717, 1.165) is 16.8 Å². The number of hydrogen-bond acceptors (Lipinski definition) is 3. The molecule has 0 atom stereocenters. The van der Waals surface area contributed by atoms with E-state index >= 15 is 0 Å². The first-order valence-electron chi connectivity index (χ1n) is 6.24. The first-order chi connectivity index (χ1) is 9.56. The van der Waals surface area contributed by atoms with Crippen molar-refractivity contribution in [1.29, 1.82) is 0 Å². The topological polar surface area (TPSA) is 82.2 Å². The van der Waals surface area contributed by atoms with Gasteiger partial charge in [0.15, 0.2) is 5.82 Å². The number of amides is 2. The second-order valence-electron chi connectivity index (χ2n) is 4.52. The molecule has 2 amide bonds. The summed E-state index contributed by atoms with van der Waals surface area (Å²) in [4.78, 5) is 18.7. The fraction of sp³-hybridized carbons (Fsp3) is 0.214. The van der Waals surface area contributed by atoms with Crippen molar-refractivity contribution in [3.63, 3.8) is 0 Å². The third kappa shape index (κ3) is 3.44. The van der Waals surface area contributed by atoms with E-state index in [2.05, 4.69) is 25.8 Å². The van der Waals surface area contributed by atoms with Gasteiger partial charge in [-0.05, 0) is 32.4 Å². The molecule has 104 valence electrons. The molecule has 0 fully saturated rings. The summed E-state index contributed by atoms with van der Waals surface area (Å²) in [5.74, 6) is 0.622. The van der Waals surface area contributed by atoms with E-state index in [4.69, 9.17) is 0 Å². The van der Waals surface area contributed by atoms with E-state index in [1.807, 2.05) is 32.0 Å². The lowest BCUT2D eigenvalue weighted by Crippen LogP contribution is -2.25. The van der Waals surface area contributed by atoms with Crippen LogP contribution in [0.5, 0.6) is 0 Å². The lowest BCUT2D eigenvalue weighted by atomic mass is 10.1. The quantitative estimate of drug-likeness (QED) is 0.592. The largest absolute Gasteiger partial charge is 0.344 e. The Bertz CT molecular complexity index is 631. The predicted molar refractivity (Wildman–Crippen MR) is 78.9 cm³/mol. The van der Waals surface area contributed by atoms with Crippen molar-refractivity contribution in [3.05, 3.63) is 47.5 Å². The number of aromatic nitrogens is 2. The van der Waals surface area contributed by atoms with Crippen LogP contribution < -0.4 is 10.7 Å². The van der Waals surface area contributed by atoms with Gasteiger partial charge < -0.3 is 10.3 Å². The molecule has 0 saturated carbocycles. The van der Waals surface area contributed by atoms with Gasteiger partial charge in [-0.15, -0.1) is 0 Å². The van der Waals surface area contributed by atoms with Crippen molar-refractivity contribution in [2.24, 2.45) is 5.10 Å². The number of hydrogen-bond donors (Lipinski definition) is 3. The first-order valence-corrected chi connectivity index (χ1v) is 6.24. The number of aryl methyl sites for hydroxylation is 2. The minimum atomic E-state index is -0.386. The fourth-order valence-corrected chi connectivity index (χ4v) is 1.75. The number of anilines is 1. The number of H-pyrrole nitrogens is 1. The maximum Gasteiger partial charge on any atom is 0.339 e. The summed E-state index contributed by atoms with van der Waals surface area (Å²) >= 11 is 0. The number of carbonyl (C=O) groups excluding carboxylic acids is 1. The van der Waals surface area contributed by atoms with Gasteiger partial charge in [-0.1, -0.05) is 17.7 Å². The van der Waals surface area contributed by atoms with Crippen LogP contribution in [0.4, 0.5) is 10.5 Å². The summed E-state index contributed by atoms with van der Waals surface area (Å²) in [6, 6.07) is 5.43. The van der Waals surface area contributed by atoms with Crippen LogP contribution in [0, 0.1) is 13.8 Å². The molecule has 0 radical (unpaired) electrons. The minimum Gasteiger partial charge on any atom is -0.344 e. The Morgan fingerprint density at radius 2 is 2.15 bits per heavy atom. The second-order valence-corrected chi connectivity index (χ2v) is 4.52. The number of nitrogens with one attached hydrogen (secondary N) is 3. The average molecular weight is 271 g/mol. The zero-order valence-electron chi connectivity index (χ0n) is 11.7. The standard InChI is InChI=1S/C14H17N5O/c1-9-4-5-12(10(2)8-9)17-14(20)19-18-11(3)13-15-6-7-16-13/h4-8H,1-3H3,(H,15,16)(H2,17,19,20). The van der Waals surface area contributed by atoms with Gasteiger partial charge in [-0.25, -0.2) is 15.2 Å². The summed E-state index contributed by atoms with van der Waals surface area (Å²) in [6.45, 7) is 5.71. The Balaban J connectivity index is 1.97. The van der Waals surface area contributed by atoms with E-state index in [1.165, 1.54) is 0 Å². The molecule has 6 nitrogen and oxygen atoms in total. The van der Waals surface area contributed by atoms with Gasteiger partial charge in [0.2, 0.25) is 0 Å². The highest BCUT2D eigenvalue weighted by Gasteiger charge is 2.04. The molecule has 0 bridgehead atoms. The summed E-state index contributed by atoms with van der Waals surface area (Å²) in [5, 5.41) is 6.72. The van der Waals surface area contributed by atoms with E-state index in [9.17, 15) is 4.79 Å². The molecule has 6 heteroatoms. The van der Waals surface area contributed by atoms with E-state index < -0.39 is 0 Å². The minimum absolute atomic E-state index is 0.386. The molecular formula is C14H17N5O. The third-order valence-electron chi connectivity index (χ3n) is 2.80. The van der Waals surface area contributed by atoms with E-state index in [-0.39, 0.29) is 6.03 Å². The number of urea groups is 1. The Kier molecular flexibility index (Phi) is 4.14. The van der Waals surface area contributed by atoms with E-state index in [0.29, 0.717) is 11.5 Å². The Morgan fingerprint density at radius 1 is 1.35 bits per heavy atom. The lowest BCUT2D eigenvalue weighted by molar-refractivity contribution is 0.252. The number of hydrazone groups is 1. The molecule has 1 aromatic heterocycles. The lowest BCUT2D eigenvalue weighted by Gasteiger charge is -2.08. The van der Waals surface area contributed by atoms with Gasteiger partial charge >= 0.3 is 6.03 Å². The normalized spacial score (nSPS) is 11.2. The average Bonchev–Trinajstić information content (AvgIpc) is 2.93. The van der Waals surface area contributed by atoms with Gasteiger partial charge in [0.1, 0.15) is 5.71 Å². The summed E-state index contributed by atoms with van der Waals surface area (Å²) < 4.78 is 0. The van der Waals surface area contributed by atoms with Crippen molar-refractivity contribution >= 4 is 17.4 Å². The van der Waals surface area contributed by atoms with Crippen molar-refractivity contribution in [1.82, 2.24) is 15.4 Å². The molecule has 20 heavy (non-hydrogen) atoms. The molecule has 1 heterocycles. The van der Waals surface area contributed by atoms with Crippen LogP contribution in [0.15, 0.2) is 35.7 Å². The molecule has 3 N–H and O–H groups in total. The zero-order chi connectivity index (χ0) is 14.5. The molecule has 1 aromatic carbocycles. The van der Waals surface area contributed by atoms with Crippen LogP contribution in [0.1, 0.15) is 23.9 Å². The van der Waals surface area contributed by atoms with Crippen LogP contribution in [0.25, 0.3) is 0 Å². The molecule has 0 saturated heterocycles. The monoisotopic (exact) mass is 271 g/mol. The van der Waals surface area contributed by atoms with Crippen molar-refractivity contribution in [2.45, 2.75) is 20.8 Å². The van der Waals surface area contributed by atoms with Crippen LogP contribution in [-0.4, -0.2) is 21.7 Å². The number of nitrogens with zero attached hydrogens (tertiary/aromatic N) is 2. The Hall–Kier alpha value is -2.63. The molecule has 0 unspecified atom stereocenters. The van der Waals surface area contributed by atoms with Crippen LogP contribution in [0.2, 0.25) is 0 Å². The van der Waals surface area contributed by atoms with Crippen molar-refractivity contribution in [3.8, 4) is 0 Å². The maximum atomic E-state index is 11.8. The highest BCUT2D eigenvalue weighted by atomic mass is 16.2. The molecule has 0 aliphatic carbocycles. The van der Waals surface area contributed by atoms with E-state index in [1.54, 1.807) is 19.3 Å². The summed E-state index contributed by atoms with van der Waals surface area (Å²) in [5.41, 5.74) is 5.96. The van der Waals surface area contributed by atoms with Gasteiger partial charge in [0.05, 0.1) is 0 Å². The van der Waals surface area contributed by atoms with Crippen molar-refractivity contribution < 1.29 is 4.79 Å². The Morgan fingerprint density at radius 3 is 2.80 bits per heavy atom. The van der Waals surface area contributed by atoms with Gasteiger partial charge in [-0.2, -0.15) is 5.10 Å². The number of carbonyl (C=O) groups is 1. The van der Waals surface area contributed by atoms with Gasteiger partial charge in [0.25, 0.3) is 0 Å². The SMILES string of the molecule is CC(=NNC(=O)Nc1ccc(C)cc1C)c1ncc[nH]1. The van der Waals surface area contributed by atoms with Gasteiger partial charge in [-0.3, -0.25) is 0 Å². The summed E-state index contributed by atoms with van der Waals surface area (Å²) in [6.07, 6.45) is 3.33. The molecule has 0 aliphatic heterocycles. The molecule has 2 rings (SSSR count). The number of imidazole rings is 1. The maximum absolute atomic E-state index is 11.8. The smallest absolute Gasteiger partial charge is 0.339 e. The molecule has 0 spiro atoms. The van der Waals surface area contributed by atoms with Crippen LogP contribution in [-0.2, 0) is 0 Å². The number of rotatable bonds is 3. The highest BCUT2D eigenvalue weighted by Crippen LogP contribution is 2.15. The highest BCUT2D eigenvalue weighted by molar-refractivity contribution is 5.97. The molecular weight excluding hydrogens is 254 g/mol. The van der Waals surface area contributed by atoms with Crippen molar-refractivity contribution in [2.75, 3.05) is 5.32 Å². The number of benzene rings is 1. The predicted octanol–water partition coefficient (Wildman–Crippen LogP) is 2.57. The van der Waals surface area contributed by atoms with Crippen LogP contribution >= 0.6 is 0 Å². The third-order valence-corrected chi connectivity index (χ3v) is 2.80. The molecule has 0 aliphatic rings. The molecule has 2 aromatic rings. The fourth-order valence-electron chi connectivity index (χ4n) is 1.75. The first kappa shape index (κ1) is 13.8. The Labute approximate surface area is 117 Å². The zero-order valence-corrected chi connectivity index (χ0v) is 11.7. The van der Waals surface area contributed by atoms with Crippen LogP contribution in [0.3, 0.4) is 0 Å². The van der Waals surface area contributed by atoms with Gasteiger partial charge in [0, 0.05) is 18.1 Å². The number of aromatic amines is 1. The second kappa shape index (κ2) is 6.01.